The van der Waals surface area contributed by atoms with Crippen molar-refractivity contribution in [3.8, 4) is 5.88 Å². The molecular weight excluding hydrogens is 374 g/mol. The van der Waals surface area contributed by atoms with Crippen LogP contribution >= 0.6 is 0 Å². The molecule has 1 atom stereocenters. The minimum atomic E-state index is -1.04. The lowest BCUT2D eigenvalue weighted by Crippen LogP contribution is -2.19. The zero-order valence-electron chi connectivity index (χ0n) is 19.8. The summed E-state index contributed by atoms with van der Waals surface area (Å²) in [5.41, 5.74) is 4.88. The predicted molar refractivity (Wildman–Crippen MR) is 127 cm³/mol. The second-order valence-electron chi connectivity index (χ2n) is 8.11. The molecule has 1 aliphatic carbocycles. The maximum atomic E-state index is 11.2. The molecule has 3 rings (SSSR count). The van der Waals surface area contributed by atoms with Crippen LogP contribution in [0.1, 0.15) is 88.8 Å². The fourth-order valence-corrected chi connectivity index (χ4v) is 3.58. The monoisotopic (exact) mass is 413 g/mol. The highest BCUT2D eigenvalue weighted by Gasteiger charge is 2.27. The van der Waals surface area contributed by atoms with Crippen molar-refractivity contribution in [3.63, 3.8) is 0 Å². The van der Waals surface area contributed by atoms with E-state index in [2.05, 4.69) is 57.9 Å². The molecule has 1 N–H and O–H groups in total. The van der Waals surface area contributed by atoms with Crippen LogP contribution in [0.3, 0.4) is 0 Å². The van der Waals surface area contributed by atoms with E-state index in [0.29, 0.717) is 17.7 Å². The van der Waals surface area contributed by atoms with Crippen LogP contribution in [0.15, 0.2) is 41.3 Å². The van der Waals surface area contributed by atoms with Gasteiger partial charge in [0.25, 0.3) is 0 Å². The Hall–Kier alpha value is -2.49. The highest BCUT2D eigenvalue weighted by atomic mass is 16.4. The summed E-state index contributed by atoms with van der Waals surface area (Å²) in [5.74, 6) is 0.917. The van der Waals surface area contributed by atoms with Crippen molar-refractivity contribution in [1.82, 2.24) is 4.57 Å². The summed E-state index contributed by atoms with van der Waals surface area (Å²) < 4.78 is 7.71. The minimum Gasteiger partial charge on any atom is -0.475 e. The lowest BCUT2D eigenvalue weighted by Gasteiger charge is -2.26. The number of carboxylic acids is 1. The van der Waals surface area contributed by atoms with Crippen molar-refractivity contribution in [3.05, 3.63) is 59.6 Å². The van der Waals surface area contributed by atoms with Crippen LogP contribution in [0.25, 0.3) is 11.5 Å². The van der Waals surface area contributed by atoms with Crippen molar-refractivity contribution in [2.75, 3.05) is 0 Å². The SMILES string of the molecule is C/C=C(\C)c1cc2c(n1-c1ccc(C(=O)O)o1)CCC(C(C)C)C2.C=CC.CCC. The summed E-state index contributed by atoms with van der Waals surface area (Å²) in [6.45, 7) is 18.2. The van der Waals surface area contributed by atoms with E-state index in [1.807, 2.05) is 13.8 Å². The standard InChI is InChI=1S/C20H25NO3.C3H8.C3H6/c1-5-13(4)17-11-15-10-14(12(2)3)6-7-16(15)21(17)19-9-8-18(24-19)20(22)23;2*1-3-2/h5,8-9,11-12,14H,6-7,10H2,1-4H3,(H,22,23);3H2,1-2H3;3H,1H2,2H3/b13-5+;;. The minimum absolute atomic E-state index is 0.0209. The Bertz CT molecular complexity index is 852. The average molecular weight is 414 g/mol. The first-order valence-corrected chi connectivity index (χ1v) is 11.0. The molecule has 0 spiro atoms. The maximum Gasteiger partial charge on any atom is 0.371 e. The van der Waals surface area contributed by atoms with Gasteiger partial charge in [0.15, 0.2) is 0 Å². The molecule has 1 aliphatic rings. The van der Waals surface area contributed by atoms with E-state index in [1.54, 1.807) is 12.1 Å². The number of rotatable bonds is 4. The molecule has 0 amide bonds. The zero-order valence-corrected chi connectivity index (χ0v) is 19.8. The Morgan fingerprint density at radius 3 is 2.40 bits per heavy atom. The quantitative estimate of drug-likeness (QED) is 0.526. The van der Waals surface area contributed by atoms with Gasteiger partial charge in [-0.1, -0.05) is 46.3 Å². The van der Waals surface area contributed by atoms with Crippen molar-refractivity contribution in [2.24, 2.45) is 11.8 Å². The topological polar surface area (TPSA) is 55.4 Å². The molecule has 30 heavy (non-hydrogen) atoms. The van der Waals surface area contributed by atoms with Crippen LogP contribution < -0.4 is 0 Å². The van der Waals surface area contributed by atoms with Gasteiger partial charge >= 0.3 is 5.97 Å². The van der Waals surface area contributed by atoms with Gasteiger partial charge in [0, 0.05) is 11.8 Å². The van der Waals surface area contributed by atoms with Gasteiger partial charge in [-0.15, -0.1) is 6.58 Å². The highest BCUT2D eigenvalue weighted by molar-refractivity contribution is 5.84. The molecule has 0 bridgehead atoms. The van der Waals surface area contributed by atoms with Crippen LogP contribution in [0.2, 0.25) is 0 Å². The molecule has 1 unspecified atom stereocenters. The number of nitrogens with zero attached hydrogens (tertiary/aromatic N) is 1. The third-order valence-electron chi connectivity index (χ3n) is 5.23. The number of carboxylic acid groups (broad SMARTS) is 1. The molecule has 4 heteroatoms. The van der Waals surface area contributed by atoms with Crippen LogP contribution in [0.5, 0.6) is 0 Å². The number of aromatic nitrogens is 1. The number of fused-ring (bicyclic) bond motifs is 1. The van der Waals surface area contributed by atoms with Gasteiger partial charge in [-0.2, -0.15) is 0 Å². The second-order valence-corrected chi connectivity index (χ2v) is 8.11. The number of allylic oxidation sites excluding steroid dienone is 3. The summed E-state index contributed by atoms with van der Waals surface area (Å²) in [4.78, 5) is 11.2. The van der Waals surface area contributed by atoms with Gasteiger partial charge in [0.1, 0.15) is 0 Å². The first-order valence-electron chi connectivity index (χ1n) is 11.0. The van der Waals surface area contributed by atoms with E-state index in [4.69, 9.17) is 9.52 Å². The fourth-order valence-electron chi connectivity index (χ4n) is 3.58. The molecule has 0 aromatic carbocycles. The third-order valence-corrected chi connectivity index (χ3v) is 5.23. The summed E-state index contributed by atoms with van der Waals surface area (Å²) >= 11 is 0. The van der Waals surface area contributed by atoms with Crippen LogP contribution in [-0.2, 0) is 12.8 Å². The fraction of sp³-hybridized carbons (Fsp3) is 0.500. The van der Waals surface area contributed by atoms with E-state index in [1.165, 1.54) is 29.3 Å². The van der Waals surface area contributed by atoms with Crippen molar-refractivity contribution < 1.29 is 14.3 Å². The van der Waals surface area contributed by atoms with E-state index in [0.717, 1.165) is 25.0 Å². The molecular formula is C26H39NO3. The summed E-state index contributed by atoms with van der Waals surface area (Å²) in [6.07, 6.45) is 8.32. The molecule has 2 heterocycles. The zero-order chi connectivity index (χ0) is 22.8. The highest BCUT2D eigenvalue weighted by Crippen LogP contribution is 2.36. The molecule has 0 radical (unpaired) electrons. The largest absolute Gasteiger partial charge is 0.475 e. The first kappa shape index (κ1) is 25.5. The maximum absolute atomic E-state index is 11.2. The second kappa shape index (κ2) is 12.3. The van der Waals surface area contributed by atoms with E-state index in [-0.39, 0.29) is 5.76 Å². The van der Waals surface area contributed by atoms with Gasteiger partial charge in [0.2, 0.25) is 11.6 Å². The number of hydrogen-bond acceptors (Lipinski definition) is 2. The van der Waals surface area contributed by atoms with Gasteiger partial charge in [-0.05, 0) is 75.1 Å². The predicted octanol–water partition coefficient (Wildman–Crippen LogP) is 7.56. The Morgan fingerprint density at radius 2 is 1.93 bits per heavy atom. The van der Waals surface area contributed by atoms with Crippen LogP contribution in [-0.4, -0.2) is 15.6 Å². The van der Waals surface area contributed by atoms with E-state index < -0.39 is 5.97 Å². The molecule has 2 aromatic heterocycles. The van der Waals surface area contributed by atoms with Crippen LogP contribution in [0.4, 0.5) is 0 Å². The Labute approximate surface area is 182 Å². The van der Waals surface area contributed by atoms with Crippen molar-refractivity contribution in [1.29, 1.82) is 0 Å². The van der Waals surface area contributed by atoms with Crippen LogP contribution in [0, 0.1) is 11.8 Å². The van der Waals surface area contributed by atoms with E-state index >= 15 is 0 Å². The van der Waals surface area contributed by atoms with E-state index in [9.17, 15) is 4.79 Å². The third kappa shape index (κ3) is 6.25. The lowest BCUT2D eigenvalue weighted by atomic mass is 9.81. The summed E-state index contributed by atoms with van der Waals surface area (Å²) in [7, 11) is 0. The average Bonchev–Trinajstić information content (AvgIpc) is 3.32. The molecule has 166 valence electrons. The molecule has 2 aromatic rings. The van der Waals surface area contributed by atoms with Gasteiger partial charge < -0.3 is 9.52 Å². The molecule has 4 nitrogen and oxygen atoms in total. The van der Waals surface area contributed by atoms with Gasteiger partial charge in [-0.25, -0.2) is 4.79 Å². The Kier molecular flexibility index (Phi) is 10.4. The summed E-state index contributed by atoms with van der Waals surface area (Å²) in [6, 6.07) is 5.53. The Morgan fingerprint density at radius 1 is 1.33 bits per heavy atom. The Balaban J connectivity index is 0.000000672. The first-order chi connectivity index (χ1) is 14.2. The van der Waals surface area contributed by atoms with Gasteiger partial charge in [0.05, 0.1) is 5.69 Å². The number of hydrogen-bond donors (Lipinski definition) is 1. The normalized spacial score (nSPS) is 15.5. The number of carbonyl (C=O) groups is 1. The molecule has 0 fully saturated rings. The molecule has 0 saturated carbocycles. The molecule has 0 aliphatic heterocycles. The number of furan rings is 1. The van der Waals surface area contributed by atoms with Crippen molar-refractivity contribution >= 4 is 11.5 Å². The van der Waals surface area contributed by atoms with Crippen molar-refractivity contribution in [2.45, 2.75) is 74.1 Å². The molecule has 0 saturated heterocycles. The smallest absolute Gasteiger partial charge is 0.371 e. The summed E-state index contributed by atoms with van der Waals surface area (Å²) in [5, 5.41) is 9.14. The lowest BCUT2D eigenvalue weighted by molar-refractivity contribution is 0.0662. The van der Waals surface area contributed by atoms with Gasteiger partial charge in [-0.3, -0.25) is 4.57 Å². The number of aromatic carboxylic acids is 1.